The molecule has 9 heteroatoms. The number of carbonyl (C=O) groups is 3. The van der Waals surface area contributed by atoms with Gasteiger partial charge in [-0.25, -0.2) is 0 Å². The summed E-state index contributed by atoms with van der Waals surface area (Å²) in [4.78, 5) is 39.8. The summed E-state index contributed by atoms with van der Waals surface area (Å²) in [5.74, 6) is 0.575. The number of hydrogen-bond acceptors (Lipinski definition) is 6. The van der Waals surface area contributed by atoms with Gasteiger partial charge in [0.25, 0.3) is 0 Å². The largest absolute Gasteiger partial charge is 0.467 e. The molecule has 1 saturated carbocycles. The Hall–Kier alpha value is -3.10. The predicted octanol–water partition coefficient (Wildman–Crippen LogP) is 3.16. The minimum atomic E-state index is -1.10. The van der Waals surface area contributed by atoms with Gasteiger partial charge in [-0.15, -0.1) is 0 Å². The van der Waals surface area contributed by atoms with E-state index in [1.54, 1.807) is 39.0 Å². The molecular weight excluding hydrogens is 400 g/mol. The first-order chi connectivity index (χ1) is 14.8. The number of carbonyl (C=O) groups excluding carboxylic acids is 3. The van der Waals surface area contributed by atoms with Gasteiger partial charge in [0, 0.05) is 24.9 Å². The number of furan rings is 1. The quantitative estimate of drug-likeness (QED) is 0.631. The number of aromatic nitrogens is 1. The van der Waals surface area contributed by atoms with Crippen LogP contribution in [0.5, 0.6) is 0 Å². The van der Waals surface area contributed by atoms with Gasteiger partial charge in [0.05, 0.1) is 12.8 Å². The Balaban J connectivity index is 1.65. The molecule has 0 aromatic carbocycles. The van der Waals surface area contributed by atoms with Crippen molar-refractivity contribution in [3.05, 3.63) is 36.0 Å². The third kappa shape index (κ3) is 5.96. The van der Waals surface area contributed by atoms with Crippen LogP contribution in [0.3, 0.4) is 0 Å². The lowest BCUT2D eigenvalue weighted by atomic mass is 9.99. The van der Waals surface area contributed by atoms with Crippen molar-refractivity contribution in [2.75, 3.05) is 5.32 Å². The Morgan fingerprint density at radius 2 is 1.97 bits per heavy atom. The molecule has 1 fully saturated rings. The lowest BCUT2D eigenvalue weighted by molar-refractivity contribution is -0.148. The molecule has 2 aromatic rings. The summed E-state index contributed by atoms with van der Waals surface area (Å²) in [6, 6.07) is 5.23. The van der Waals surface area contributed by atoms with Crippen molar-refractivity contribution in [1.29, 1.82) is 0 Å². The fourth-order valence-electron chi connectivity index (χ4n) is 3.70. The minimum Gasteiger partial charge on any atom is -0.467 e. The van der Waals surface area contributed by atoms with E-state index in [1.807, 2.05) is 0 Å². The summed E-state index contributed by atoms with van der Waals surface area (Å²) in [7, 11) is 0. The maximum Gasteiger partial charge on any atom is 0.245 e. The summed E-state index contributed by atoms with van der Waals surface area (Å²) < 4.78 is 10.3. The number of aryl methyl sites for hydroxylation is 1. The molecule has 0 atom stereocenters. The molecule has 31 heavy (non-hydrogen) atoms. The van der Waals surface area contributed by atoms with E-state index in [1.165, 1.54) is 11.2 Å². The smallest absolute Gasteiger partial charge is 0.245 e. The zero-order valence-corrected chi connectivity index (χ0v) is 18.3. The first kappa shape index (κ1) is 22.6. The molecule has 2 N–H and O–H groups in total. The van der Waals surface area contributed by atoms with Crippen molar-refractivity contribution in [1.82, 2.24) is 15.4 Å². The van der Waals surface area contributed by atoms with Gasteiger partial charge in [0.1, 0.15) is 17.1 Å². The number of amides is 3. The first-order valence-electron chi connectivity index (χ1n) is 10.6. The van der Waals surface area contributed by atoms with Crippen molar-refractivity contribution in [2.24, 2.45) is 0 Å². The van der Waals surface area contributed by atoms with Crippen molar-refractivity contribution in [3.63, 3.8) is 0 Å². The number of nitrogens with zero attached hydrogens (tertiary/aromatic N) is 2. The fraction of sp³-hybridized carbons (Fsp3) is 0.545. The lowest BCUT2D eigenvalue weighted by Crippen LogP contribution is -2.58. The van der Waals surface area contributed by atoms with E-state index >= 15 is 0 Å². The Bertz CT molecular complexity index is 897. The highest BCUT2D eigenvalue weighted by Crippen LogP contribution is 2.24. The van der Waals surface area contributed by atoms with Gasteiger partial charge in [-0.3, -0.25) is 14.4 Å². The lowest BCUT2D eigenvalue weighted by Gasteiger charge is -2.37. The highest BCUT2D eigenvalue weighted by molar-refractivity contribution is 5.94. The molecule has 2 heterocycles. The van der Waals surface area contributed by atoms with Crippen molar-refractivity contribution < 1.29 is 23.3 Å². The fourth-order valence-corrected chi connectivity index (χ4v) is 3.70. The average Bonchev–Trinajstić information content (AvgIpc) is 3.48. The normalized spacial score (nSPS) is 14.4. The minimum absolute atomic E-state index is 0.0419. The molecule has 0 aliphatic heterocycles. The molecule has 2 aromatic heterocycles. The molecule has 1 aliphatic rings. The maximum atomic E-state index is 13.1. The van der Waals surface area contributed by atoms with Crippen LogP contribution in [-0.2, 0) is 20.9 Å². The van der Waals surface area contributed by atoms with E-state index in [-0.39, 0.29) is 43.1 Å². The summed E-state index contributed by atoms with van der Waals surface area (Å²) in [6.45, 7) is 5.30. The van der Waals surface area contributed by atoms with Crippen molar-refractivity contribution in [3.8, 4) is 0 Å². The number of anilines is 1. The van der Waals surface area contributed by atoms with Gasteiger partial charge in [-0.05, 0) is 45.7 Å². The number of nitrogens with one attached hydrogen (secondary N) is 2. The summed E-state index contributed by atoms with van der Waals surface area (Å²) >= 11 is 0. The molecule has 168 valence electrons. The Kier molecular flexibility index (Phi) is 7.14. The molecule has 0 radical (unpaired) electrons. The van der Waals surface area contributed by atoms with Gasteiger partial charge >= 0.3 is 0 Å². The third-order valence-corrected chi connectivity index (χ3v) is 5.58. The molecule has 3 amide bonds. The second-order valence-corrected chi connectivity index (χ2v) is 8.44. The molecule has 0 bridgehead atoms. The Morgan fingerprint density at radius 1 is 1.23 bits per heavy atom. The van der Waals surface area contributed by atoms with Crippen LogP contribution in [0.1, 0.15) is 63.9 Å². The van der Waals surface area contributed by atoms with Gasteiger partial charge in [-0.1, -0.05) is 18.0 Å². The highest BCUT2D eigenvalue weighted by Gasteiger charge is 2.39. The average molecular weight is 431 g/mol. The molecule has 0 unspecified atom stereocenters. The van der Waals surface area contributed by atoms with Gasteiger partial charge in [-0.2, -0.15) is 0 Å². The molecule has 0 spiro atoms. The highest BCUT2D eigenvalue weighted by atomic mass is 16.5. The third-order valence-electron chi connectivity index (χ3n) is 5.58. The first-order valence-corrected chi connectivity index (χ1v) is 10.6. The van der Waals surface area contributed by atoms with Crippen molar-refractivity contribution >= 4 is 23.5 Å². The van der Waals surface area contributed by atoms with Gasteiger partial charge in [0.2, 0.25) is 17.7 Å². The van der Waals surface area contributed by atoms with Gasteiger partial charge < -0.3 is 24.5 Å². The van der Waals surface area contributed by atoms with Crippen molar-refractivity contribution in [2.45, 2.75) is 77.4 Å². The zero-order chi connectivity index (χ0) is 22.4. The summed E-state index contributed by atoms with van der Waals surface area (Å²) in [6.07, 6.45) is 5.53. The number of rotatable bonds is 9. The summed E-state index contributed by atoms with van der Waals surface area (Å²) in [5, 5.41) is 9.38. The van der Waals surface area contributed by atoms with Crippen LogP contribution < -0.4 is 10.6 Å². The van der Waals surface area contributed by atoms with Crippen LogP contribution in [-0.4, -0.2) is 39.4 Å². The second kappa shape index (κ2) is 9.80. The van der Waals surface area contributed by atoms with E-state index in [4.69, 9.17) is 8.94 Å². The molecule has 3 rings (SSSR count). The Morgan fingerprint density at radius 3 is 2.58 bits per heavy atom. The van der Waals surface area contributed by atoms with Crippen LogP contribution >= 0.6 is 0 Å². The van der Waals surface area contributed by atoms with E-state index in [2.05, 4.69) is 15.8 Å². The molecule has 1 aliphatic carbocycles. The monoisotopic (exact) mass is 430 g/mol. The maximum absolute atomic E-state index is 13.1. The number of hydrogen-bond donors (Lipinski definition) is 2. The predicted molar refractivity (Wildman–Crippen MR) is 113 cm³/mol. The summed E-state index contributed by atoms with van der Waals surface area (Å²) in [5.41, 5.74) is -1.10. The molecule has 0 saturated heterocycles. The Labute approximate surface area is 181 Å². The van der Waals surface area contributed by atoms with Crippen LogP contribution in [0.4, 0.5) is 5.82 Å². The van der Waals surface area contributed by atoms with E-state index in [0.717, 1.165) is 25.7 Å². The van der Waals surface area contributed by atoms with Crippen LogP contribution in [0.25, 0.3) is 0 Å². The standard InChI is InChI=1S/C22H30N4O5/c1-15-13-18(25-31-15)24-19(27)10-11-20(28)26(14-17-9-6-12-30-17)22(2,3)21(29)23-16-7-4-5-8-16/h6,9,12-13,16H,4-5,7-8,10-11,14H2,1-3H3,(H,23,29)(H,24,25,27). The van der Waals surface area contributed by atoms with Crippen LogP contribution in [0, 0.1) is 6.92 Å². The van der Waals surface area contributed by atoms with Gasteiger partial charge in [0.15, 0.2) is 5.82 Å². The topological polar surface area (TPSA) is 118 Å². The zero-order valence-electron chi connectivity index (χ0n) is 18.3. The van der Waals surface area contributed by atoms with Crippen LogP contribution in [0.15, 0.2) is 33.4 Å². The SMILES string of the molecule is Cc1cc(NC(=O)CCC(=O)N(Cc2ccco2)C(C)(C)C(=O)NC2CCCC2)no1. The molecular formula is C22H30N4O5. The van der Waals surface area contributed by atoms with E-state index in [0.29, 0.717) is 17.3 Å². The second-order valence-electron chi connectivity index (χ2n) is 8.44. The van der Waals surface area contributed by atoms with E-state index in [9.17, 15) is 14.4 Å². The van der Waals surface area contributed by atoms with E-state index < -0.39 is 5.54 Å². The van der Waals surface area contributed by atoms with Crippen LogP contribution in [0.2, 0.25) is 0 Å². The molecule has 9 nitrogen and oxygen atoms in total.